The Kier molecular flexibility index (Phi) is 0.863. The van der Waals surface area contributed by atoms with E-state index in [1.54, 1.807) is 38.5 Å². The molecule has 12 heavy (non-hydrogen) atoms. The minimum absolute atomic E-state index is 0.862. The molecule has 0 unspecified atom stereocenters. The molecule has 66 valence electrons. The van der Waals surface area contributed by atoms with Crippen LogP contribution in [-0.4, -0.2) is 24.0 Å². The van der Waals surface area contributed by atoms with Crippen molar-refractivity contribution >= 4 is 0 Å². The highest BCUT2D eigenvalue weighted by molar-refractivity contribution is 5.13. The zero-order valence-electron chi connectivity index (χ0n) is 7.68. The quantitative estimate of drug-likeness (QED) is 0.528. The van der Waals surface area contributed by atoms with Gasteiger partial charge in [0.2, 0.25) is 0 Å². The van der Waals surface area contributed by atoms with E-state index in [1.165, 1.54) is 13.1 Å². The van der Waals surface area contributed by atoms with Gasteiger partial charge in [-0.3, -0.25) is 4.90 Å². The van der Waals surface area contributed by atoms with Crippen LogP contribution in [0.15, 0.2) is 0 Å². The fourth-order valence-electron chi connectivity index (χ4n) is 3.71. The molecule has 1 heteroatoms. The third-order valence-corrected chi connectivity index (χ3v) is 4.84. The van der Waals surface area contributed by atoms with Crippen LogP contribution in [0.3, 0.4) is 0 Å². The van der Waals surface area contributed by atoms with Crippen LogP contribution in [-0.2, 0) is 0 Å². The maximum Gasteiger partial charge on any atom is 0.0107 e. The van der Waals surface area contributed by atoms with E-state index in [2.05, 4.69) is 4.90 Å². The number of nitrogens with zero attached hydrogens (tertiary/aromatic N) is 1. The molecule has 0 aromatic heterocycles. The first-order chi connectivity index (χ1) is 5.79. The van der Waals surface area contributed by atoms with Crippen molar-refractivity contribution in [1.29, 1.82) is 0 Å². The predicted octanol–water partition coefficient (Wildman–Crippen LogP) is 2.02. The van der Waals surface area contributed by atoms with Crippen molar-refractivity contribution in [1.82, 2.24) is 4.90 Å². The fourth-order valence-corrected chi connectivity index (χ4v) is 3.71. The van der Waals surface area contributed by atoms with Crippen LogP contribution in [0.4, 0.5) is 0 Å². The zero-order chi connectivity index (χ0) is 7.81. The monoisotopic (exact) mass is 163 g/mol. The lowest BCUT2D eigenvalue weighted by Gasteiger charge is -2.13. The van der Waals surface area contributed by atoms with Crippen LogP contribution in [0.1, 0.15) is 38.5 Å². The molecule has 0 bridgehead atoms. The number of fused-ring (bicyclic) bond motifs is 1. The normalized spacial score (nSPS) is 41.0. The van der Waals surface area contributed by atoms with Gasteiger partial charge in [0.15, 0.2) is 0 Å². The van der Waals surface area contributed by atoms with Crippen LogP contribution in [0.25, 0.3) is 0 Å². The Morgan fingerprint density at radius 1 is 0.833 bits per heavy atom. The van der Waals surface area contributed by atoms with Crippen molar-refractivity contribution in [3.63, 3.8) is 0 Å². The van der Waals surface area contributed by atoms with E-state index in [-0.39, 0.29) is 0 Å². The van der Waals surface area contributed by atoms with Gasteiger partial charge in [0, 0.05) is 19.1 Å². The molecule has 4 fully saturated rings. The Labute approximate surface area is 74.1 Å². The minimum atomic E-state index is 0.862. The van der Waals surface area contributed by atoms with Crippen molar-refractivity contribution in [3.05, 3.63) is 0 Å². The van der Waals surface area contributed by atoms with E-state index in [4.69, 9.17) is 0 Å². The maximum absolute atomic E-state index is 2.82. The molecule has 2 saturated heterocycles. The van der Waals surface area contributed by atoms with Gasteiger partial charge >= 0.3 is 0 Å². The van der Waals surface area contributed by atoms with Crippen molar-refractivity contribution in [3.8, 4) is 0 Å². The van der Waals surface area contributed by atoms with Crippen molar-refractivity contribution in [2.24, 2.45) is 10.8 Å². The molecule has 0 aromatic rings. The lowest BCUT2D eigenvalue weighted by atomic mass is 9.95. The van der Waals surface area contributed by atoms with Gasteiger partial charge in [0.25, 0.3) is 0 Å². The molecule has 2 heterocycles. The molecule has 2 aliphatic carbocycles. The Bertz CT molecular complexity index is 195. The SMILES string of the molecule is C1CC12CC1CC3(CC3)CN1C2. The Morgan fingerprint density at radius 2 is 1.33 bits per heavy atom. The van der Waals surface area contributed by atoms with E-state index in [0.717, 1.165) is 16.9 Å². The molecule has 1 nitrogen and oxygen atoms in total. The standard InChI is InChI=1S/C11H17N/c1-2-10(1)5-9-6-11(3-4-11)8-12(9)7-10/h9H,1-8H2. The summed E-state index contributed by atoms with van der Waals surface area (Å²) in [6, 6.07) is 1.02. The first-order valence-corrected chi connectivity index (χ1v) is 5.54. The summed E-state index contributed by atoms with van der Waals surface area (Å²) in [5.41, 5.74) is 1.72. The lowest BCUT2D eigenvalue weighted by molar-refractivity contribution is 0.303. The van der Waals surface area contributed by atoms with Gasteiger partial charge < -0.3 is 0 Å². The van der Waals surface area contributed by atoms with Crippen LogP contribution in [0.2, 0.25) is 0 Å². The molecule has 4 aliphatic rings. The molecule has 0 aromatic carbocycles. The van der Waals surface area contributed by atoms with Crippen LogP contribution < -0.4 is 0 Å². The average Bonchev–Trinajstić information content (AvgIpc) is 2.81. The molecule has 2 saturated carbocycles. The van der Waals surface area contributed by atoms with E-state index in [1.807, 2.05) is 0 Å². The number of hydrogen-bond donors (Lipinski definition) is 0. The number of hydrogen-bond acceptors (Lipinski definition) is 1. The van der Waals surface area contributed by atoms with Crippen molar-refractivity contribution in [2.45, 2.75) is 44.6 Å². The predicted molar refractivity (Wildman–Crippen MR) is 47.9 cm³/mol. The zero-order valence-corrected chi connectivity index (χ0v) is 7.68. The molecule has 4 rings (SSSR count). The third-order valence-electron chi connectivity index (χ3n) is 4.84. The molecule has 0 N–H and O–H groups in total. The van der Waals surface area contributed by atoms with Gasteiger partial charge in [0.1, 0.15) is 0 Å². The summed E-state index contributed by atoms with van der Waals surface area (Å²) in [7, 11) is 0. The van der Waals surface area contributed by atoms with Gasteiger partial charge in [-0.05, 0) is 49.4 Å². The van der Waals surface area contributed by atoms with E-state index in [9.17, 15) is 0 Å². The van der Waals surface area contributed by atoms with Gasteiger partial charge in [-0.2, -0.15) is 0 Å². The molecule has 0 amide bonds. The Morgan fingerprint density at radius 3 is 1.67 bits per heavy atom. The first-order valence-electron chi connectivity index (χ1n) is 5.54. The molecule has 2 aliphatic heterocycles. The van der Waals surface area contributed by atoms with E-state index in [0.29, 0.717) is 0 Å². The summed E-state index contributed by atoms with van der Waals surface area (Å²) in [6.07, 6.45) is 9.32. The smallest absolute Gasteiger partial charge is 0.0107 e. The molecule has 0 radical (unpaired) electrons. The van der Waals surface area contributed by atoms with Crippen LogP contribution >= 0.6 is 0 Å². The molecule has 0 atom stereocenters. The van der Waals surface area contributed by atoms with Gasteiger partial charge in [-0.15, -0.1) is 0 Å². The molecular formula is C11H17N. The lowest BCUT2D eigenvalue weighted by Crippen LogP contribution is -2.23. The van der Waals surface area contributed by atoms with E-state index >= 15 is 0 Å². The second-order valence-electron chi connectivity index (χ2n) is 5.97. The Hall–Kier alpha value is -0.0400. The summed E-state index contributed by atoms with van der Waals surface area (Å²) in [6.45, 7) is 2.94. The van der Waals surface area contributed by atoms with E-state index < -0.39 is 0 Å². The van der Waals surface area contributed by atoms with Gasteiger partial charge in [0.05, 0.1) is 0 Å². The highest BCUT2D eigenvalue weighted by atomic mass is 15.2. The summed E-state index contributed by atoms with van der Waals surface area (Å²) >= 11 is 0. The highest BCUT2D eigenvalue weighted by Gasteiger charge is 2.60. The Balaban J connectivity index is 1.60. The fraction of sp³-hybridized carbons (Fsp3) is 1.00. The summed E-state index contributed by atoms with van der Waals surface area (Å²) in [5.74, 6) is 0. The summed E-state index contributed by atoms with van der Waals surface area (Å²) < 4.78 is 0. The second-order valence-corrected chi connectivity index (χ2v) is 5.97. The maximum atomic E-state index is 2.82. The number of rotatable bonds is 0. The highest BCUT2D eigenvalue weighted by Crippen LogP contribution is 2.63. The summed E-state index contributed by atoms with van der Waals surface area (Å²) in [5, 5.41) is 0. The largest absolute Gasteiger partial charge is 0.299 e. The van der Waals surface area contributed by atoms with Gasteiger partial charge in [-0.25, -0.2) is 0 Å². The minimum Gasteiger partial charge on any atom is -0.299 e. The molecular weight excluding hydrogens is 146 g/mol. The van der Waals surface area contributed by atoms with Crippen molar-refractivity contribution < 1.29 is 0 Å². The second kappa shape index (κ2) is 1.61. The third kappa shape index (κ3) is 0.693. The van der Waals surface area contributed by atoms with Crippen molar-refractivity contribution in [2.75, 3.05) is 13.1 Å². The topological polar surface area (TPSA) is 3.24 Å². The van der Waals surface area contributed by atoms with Crippen LogP contribution in [0, 0.1) is 10.8 Å². The first kappa shape index (κ1) is 6.42. The van der Waals surface area contributed by atoms with Gasteiger partial charge in [-0.1, -0.05) is 0 Å². The molecule has 2 spiro atoms. The average molecular weight is 163 g/mol. The van der Waals surface area contributed by atoms with Crippen LogP contribution in [0.5, 0.6) is 0 Å². The summed E-state index contributed by atoms with van der Waals surface area (Å²) in [4.78, 5) is 2.82.